The summed E-state index contributed by atoms with van der Waals surface area (Å²) < 4.78 is 12.7. The lowest BCUT2D eigenvalue weighted by molar-refractivity contribution is -0.118. The van der Waals surface area contributed by atoms with Gasteiger partial charge in [-0.2, -0.15) is 0 Å². The Labute approximate surface area is 169 Å². The Hall–Kier alpha value is -3.61. The number of carbonyl (C=O) groups excluding carboxylic acids is 2. The summed E-state index contributed by atoms with van der Waals surface area (Å²) >= 11 is 0. The standard InChI is InChI=1S/C22H23N3O4/c1-3-14-28-18-8-10-19(11-9-18)29-15-20(26)24-17-6-4-16(5-7-17)21(27)22-23-12-13-25(22)2/h4-13H,3,14-15H2,1-2H3,(H,24,26). The number of aryl methyl sites for hydroxylation is 1. The molecule has 0 radical (unpaired) electrons. The minimum absolute atomic E-state index is 0.122. The second-order valence-corrected chi connectivity index (χ2v) is 6.42. The Morgan fingerprint density at radius 1 is 1.00 bits per heavy atom. The molecule has 29 heavy (non-hydrogen) atoms. The third-order valence-electron chi connectivity index (χ3n) is 4.12. The van der Waals surface area contributed by atoms with Crippen LogP contribution in [0.15, 0.2) is 60.9 Å². The average molecular weight is 393 g/mol. The van der Waals surface area contributed by atoms with Crippen LogP contribution in [0.25, 0.3) is 0 Å². The summed E-state index contributed by atoms with van der Waals surface area (Å²) in [6, 6.07) is 13.8. The Balaban J connectivity index is 1.50. The van der Waals surface area contributed by atoms with Crippen LogP contribution in [0.4, 0.5) is 5.69 Å². The van der Waals surface area contributed by atoms with Gasteiger partial charge in [-0.3, -0.25) is 9.59 Å². The van der Waals surface area contributed by atoms with Crippen LogP contribution in [-0.2, 0) is 11.8 Å². The number of amides is 1. The third-order valence-corrected chi connectivity index (χ3v) is 4.12. The van der Waals surface area contributed by atoms with E-state index in [4.69, 9.17) is 9.47 Å². The SMILES string of the molecule is CCCOc1ccc(OCC(=O)Nc2ccc(C(=O)c3nccn3C)cc2)cc1. The molecule has 0 atom stereocenters. The molecule has 7 heteroatoms. The molecule has 1 aromatic heterocycles. The number of hydrogen-bond acceptors (Lipinski definition) is 5. The van der Waals surface area contributed by atoms with Gasteiger partial charge in [0.25, 0.3) is 5.91 Å². The lowest BCUT2D eigenvalue weighted by Gasteiger charge is -2.09. The average Bonchev–Trinajstić information content (AvgIpc) is 3.17. The predicted octanol–water partition coefficient (Wildman–Crippen LogP) is 3.46. The van der Waals surface area contributed by atoms with Crippen molar-refractivity contribution in [1.82, 2.24) is 9.55 Å². The maximum absolute atomic E-state index is 12.4. The van der Waals surface area contributed by atoms with Crippen LogP contribution in [0, 0.1) is 0 Å². The summed E-state index contributed by atoms with van der Waals surface area (Å²) in [7, 11) is 1.76. The molecule has 7 nitrogen and oxygen atoms in total. The number of anilines is 1. The molecular weight excluding hydrogens is 370 g/mol. The maximum Gasteiger partial charge on any atom is 0.262 e. The van der Waals surface area contributed by atoms with Gasteiger partial charge in [0.15, 0.2) is 12.4 Å². The molecule has 3 rings (SSSR count). The maximum atomic E-state index is 12.4. The van der Waals surface area contributed by atoms with Gasteiger partial charge in [0.2, 0.25) is 5.78 Å². The fourth-order valence-electron chi connectivity index (χ4n) is 2.62. The smallest absolute Gasteiger partial charge is 0.262 e. The van der Waals surface area contributed by atoms with Gasteiger partial charge in [0.05, 0.1) is 6.61 Å². The number of hydrogen-bond donors (Lipinski definition) is 1. The topological polar surface area (TPSA) is 82.4 Å². The number of aromatic nitrogens is 2. The molecule has 0 aliphatic carbocycles. The zero-order chi connectivity index (χ0) is 20.6. The van der Waals surface area contributed by atoms with Crippen LogP contribution in [0.2, 0.25) is 0 Å². The van der Waals surface area contributed by atoms with E-state index >= 15 is 0 Å². The molecule has 0 spiro atoms. The van der Waals surface area contributed by atoms with E-state index in [1.54, 1.807) is 72.5 Å². The molecule has 0 bridgehead atoms. The molecule has 0 fully saturated rings. The van der Waals surface area contributed by atoms with Crippen molar-refractivity contribution in [2.24, 2.45) is 7.05 Å². The van der Waals surface area contributed by atoms with Crippen molar-refractivity contribution in [2.45, 2.75) is 13.3 Å². The van der Waals surface area contributed by atoms with E-state index in [9.17, 15) is 9.59 Å². The summed E-state index contributed by atoms with van der Waals surface area (Å²) in [5, 5.41) is 2.74. The Morgan fingerprint density at radius 2 is 1.66 bits per heavy atom. The van der Waals surface area contributed by atoms with E-state index in [-0.39, 0.29) is 18.3 Å². The zero-order valence-corrected chi connectivity index (χ0v) is 16.4. The first-order valence-electron chi connectivity index (χ1n) is 9.34. The summed E-state index contributed by atoms with van der Waals surface area (Å²) in [4.78, 5) is 28.6. The summed E-state index contributed by atoms with van der Waals surface area (Å²) in [6.45, 7) is 2.58. The van der Waals surface area contributed by atoms with Crippen molar-refractivity contribution >= 4 is 17.4 Å². The first-order chi connectivity index (χ1) is 14.1. The molecule has 1 N–H and O–H groups in total. The van der Waals surface area contributed by atoms with Gasteiger partial charge < -0.3 is 19.4 Å². The van der Waals surface area contributed by atoms with Crippen molar-refractivity contribution in [3.8, 4) is 11.5 Å². The lowest BCUT2D eigenvalue weighted by atomic mass is 10.1. The van der Waals surface area contributed by atoms with E-state index < -0.39 is 0 Å². The highest BCUT2D eigenvalue weighted by molar-refractivity contribution is 6.07. The first-order valence-corrected chi connectivity index (χ1v) is 9.34. The van der Waals surface area contributed by atoms with Crippen LogP contribution < -0.4 is 14.8 Å². The number of imidazole rings is 1. The van der Waals surface area contributed by atoms with Gasteiger partial charge in [-0.15, -0.1) is 0 Å². The summed E-state index contributed by atoms with van der Waals surface area (Å²) in [5.41, 5.74) is 1.08. The zero-order valence-electron chi connectivity index (χ0n) is 16.4. The Bertz CT molecular complexity index is 962. The molecule has 1 heterocycles. The molecule has 1 amide bonds. The van der Waals surface area contributed by atoms with Crippen LogP contribution in [0.5, 0.6) is 11.5 Å². The largest absolute Gasteiger partial charge is 0.494 e. The summed E-state index contributed by atoms with van der Waals surface area (Å²) in [6.07, 6.45) is 4.23. The van der Waals surface area contributed by atoms with Crippen molar-refractivity contribution in [3.05, 3.63) is 72.3 Å². The quantitative estimate of drug-likeness (QED) is 0.563. The number of nitrogens with one attached hydrogen (secondary N) is 1. The van der Waals surface area contributed by atoms with E-state index in [0.29, 0.717) is 29.4 Å². The molecule has 150 valence electrons. The number of rotatable bonds is 9. The molecular formula is C22H23N3O4. The highest BCUT2D eigenvalue weighted by atomic mass is 16.5. The van der Waals surface area contributed by atoms with Crippen LogP contribution in [-0.4, -0.2) is 34.5 Å². The van der Waals surface area contributed by atoms with Crippen molar-refractivity contribution < 1.29 is 19.1 Å². The van der Waals surface area contributed by atoms with Crippen LogP contribution in [0.1, 0.15) is 29.5 Å². The van der Waals surface area contributed by atoms with E-state index in [1.165, 1.54) is 0 Å². The van der Waals surface area contributed by atoms with Gasteiger partial charge in [-0.1, -0.05) is 6.92 Å². The van der Waals surface area contributed by atoms with Gasteiger partial charge in [0, 0.05) is 30.7 Å². The molecule has 0 aliphatic rings. The van der Waals surface area contributed by atoms with Crippen LogP contribution >= 0.6 is 0 Å². The second-order valence-electron chi connectivity index (χ2n) is 6.42. The molecule has 0 saturated heterocycles. The van der Waals surface area contributed by atoms with Crippen molar-refractivity contribution in [3.63, 3.8) is 0 Å². The fraction of sp³-hybridized carbons (Fsp3) is 0.227. The summed E-state index contributed by atoms with van der Waals surface area (Å²) in [5.74, 6) is 1.25. The number of nitrogens with zero attached hydrogens (tertiary/aromatic N) is 2. The monoisotopic (exact) mass is 393 g/mol. The minimum atomic E-state index is -0.292. The number of ketones is 1. The van der Waals surface area contributed by atoms with Gasteiger partial charge in [0.1, 0.15) is 11.5 Å². The Kier molecular flexibility index (Phi) is 6.63. The van der Waals surface area contributed by atoms with E-state index in [1.807, 2.05) is 6.92 Å². The molecule has 0 aliphatic heterocycles. The second kappa shape index (κ2) is 9.54. The molecule has 2 aromatic carbocycles. The van der Waals surface area contributed by atoms with Gasteiger partial charge >= 0.3 is 0 Å². The molecule has 0 unspecified atom stereocenters. The van der Waals surface area contributed by atoms with Crippen molar-refractivity contribution in [2.75, 3.05) is 18.5 Å². The highest BCUT2D eigenvalue weighted by Crippen LogP contribution is 2.18. The molecule has 3 aromatic rings. The fourth-order valence-corrected chi connectivity index (χ4v) is 2.62. The Morgan fingerprint density at radius 3 is 2.24 bits per heavy atom. The lowest BCUT2D eigenvalue weighted by Crippen LogP contribution is -2.20. The normalized spacial score (nSPS) is 10.4. The number of carbonyl (C=O) groups is 2. The number of ether oxygens (including phenoxy) is 2. The highest BCUT2D eigenvalue weighted by Gasteiger charge is 2.13. The first kappa shape index (κ1) is 20.1. The number of benzene rings is 2. The van der Waals surface area contributed by atoms with E-state index in [0.717, 1.165) is 12.2 Å². The molecule has 0 saturated carbocycles. The van der Waals surface area contributed by atoms with Gasteiger partial charge in [-0.05, 0) is 55.0 Å². The minimum Gasteiger partial charge on any atom is -0.494 e. The predicted molar refractivity (Wildman–Crippen MR) is 109 cm³/mol. The van der Waals surface area contributed by atoms with E-state index in [2.05, 4.69) is 10.3 Å². The van der Waals surface area contributed by atoms with Crippen LogP contribution in [0.3, 0.4) is 0 Å². The van der Waals surface area contributed by atoms with Gasteiger partial charge in [-0.25, -0.2) is 4.98 Å². The third kappa shape index (κ3) is 5.44. The van der Waals surface area contributed by atoms with Crippen molar-refractivity contribution in [1.29, 1.82) is 0 Å².